The van der Waals surface area contributed by atoms with Crippen LogP contribution in [0.15, 0.2) is 60.7 Å². The molecule has 2 unspecified atom stereocenters. The molecule has 22 heavy (non-hydrogen) atoms. The first-order valence-corrected chi connectivity index (χ1v) is 8.75. The van der Waals surface area contributed by atoms with Crippen molar-refractivity contribution in [3.63, 3.8) is 0 Å². The van der Waals surface area contributed by atoms with Crippen LogP contribution >= 0.6 is 21.6 Å². The molecule has 0 amide bonds. The third-order valence-corrected chi connectivity index (χ3v) is 5.83. The van der Waals surface area contributed by atoms with Crippen molar-refractivity contribution in [2.24, 2.45) is 0 Å². The van der Waals surface area contributed by atoms with E-state index in [2.05, 4.69) is 0 Å². The van der Waals surface area contributed by atoms with Crippen LogP contribution in [0.2, 0.25) is 0 Å². The van der Waals surface area contributed by atoms with Gasteiger partial charge in [0.25, 0.3) is 0 Å². The van der Waals surface area contributed by atoms with E-state index in [0.717, 1.165) is 21.6 Å². The van der Waals surface area contributed by atoms with Gasteiger partial charge in [-0.25, -0.2) is 0 Å². The van der Waals surface area contributed by atoms with Gasteiger partial charge in [0.2, 0.25) is 0 Å². The number of carboxylic acid groups (broad SMARTS) is 2. The molecule has 2 N–H and O–H groups in total. The second kappa shape index (κ2) is 7.91. The second-order valence-electron chi connectivity index (χ2n) is 4.45. The van der Waals surface area contributed by atoms with Crippen molar-refractivity contribution in [3.8, 4) is 0 Å². The Bertz CT molecular complexity index is 574. The van der Waals surface area contributed by atoms with E-state index in [4.69, 9.17) is 0 Å². The third kappa shape index (κ3) is 4.29. The fourth-order valence-electron chi connectivity index (χ4n) is 1.85. The lowest BCUT2D eigenvalue weighted by molar-refractivity contribution is -0.137. The SMILES string of the molecule is O=C(O)C(SSC(C(=O)O)c1ccccc1)c1ccccc1. The molecule has 0 spiro atoms. The van der Waals surface area contributed by atoms with Crippen molar-refractivity contribution >= 4 is 33.5 Å². The number of aliphatic carboxylic acids is 2. The summed E-state index contributed by atoms with van der Waals surface area (Å²) in [5.74, 6) is -1.97. The average molecular weight is 334 g/mol. The van der Waals surface area contributed by atoms with E-state index in [1.807, 2.05) is 12.1 Å². The molecule has 0 radical (unpaired) electrons. The summed E-state index contributed by atoms with van der Waals surface area (Å²) in [6.45, 7) is 0. The van der Waals surface area contributed by atoms with Crippen molar-refractivity contribution in [1.29, 1.82) is 0 Å². The Hall–Kier alpha value is -1.92. The van der Waals surface area contributed by atoms with Crippen LogP contribution in [0.25, 0.3) is 0 Å². The normalized spacial score (nSPS) is 13.3. The van der Waals surface area contributed by atoms with Gasteiger partial charge in [-0.2, -0.15) is 0 Å². The molecule has 0 saturated heterocycles. The number of carboxylic acids is 2. The van der Waals surface area contributed by atoms with Gasteiger partial charge in [0.05, 0.1) is 0 Å². The van der Waals surface area contributed by atoms with E-state index >= 15 is 0 Å². The van der Waals surface area contributed by atoms with E-state index in [1.165, 1.54) is 0 Å². The van der Waals surface area contributed by atoms with Crippen LogP contribution in [0, 0.1) is 0 Å². The topological polar surface area (TPSA) is 74.6 Å². The molecule has 2 aromatic rings. The quantitative estimate of drug-likeness (QED) is 0.745. The fraction of sp³-hybridized carbons (Fsp3) is 0.125. The maximum atomic E-state index is 11.4. The Morgan fingerprint density at radius 3 is 1.27 bits per heavy atom. The molecule has 4 nitrogen and oxygen atoms in total. The monoisotopic (exact) mass is 334 g/mol. The van der Waals surface area contributed by atoms with Crippen LogP contribution in [-0.4, -0.2) is 22.2 Å². The van der Waals surface area contributed by atoms with Crippen molar-refractivity contribution in [1.82, 2.24) is 0 Å². The molecular weight excluding hydrogens is 320 g/mol. The Balaban J connectivity index is 2.14. The lowest BCUT2D eigenvalue weighted by atomic mass is 10.1. The van der Waals surface area contributed by atoms with Gasteiger partial charge in [0, 0.05) is 0 Å². The van der Waals surface area contributed by atoms with Crippen LogP contribution in [0.4, 0.5) is 0 Å². The van der Waals surface area contributed by atoms with Crippen molar-refractivity contribution in [2.45, 2.75) is 10.5 Å². The zero-order chi connectivity index (χ0) is 15.9. The summed E-state index contributed by atoms with van der Waals surface area (Å²) in [7, 11) is 2.10. The van der Waals surface area contributed by atoms with Gasteiger partial charge in [0.1, 0.15) is 10.5 Å². The van der Waals surface area contributed by atoms with Crippen molar-refractivity contribution < 1.29 is 19.8 Å². The highest BCUT2D eigenvalue weighted by molar-refractivity contribution is 8.77. The number of hydrogen-bond acceptors (Lipinski definition) is 4. The maximum absolute atomic E-state index is 11.4. The molecule has 0 saturated carbocycles. The number of carbonyl (C=O) groups is 2. The van der Waals surface area contributed by atoms with Gasteiger partial charge in [-0.15, -0.1) is 0 Å². The predicted molar refractivity (Wildman–Crippen MR) is 88.8 cm³/mol. The molecule has 0 aliphatic carbocycles. The minimum Gasteiger partial charge on any atom is -0.480 e. The standard InChI is InChI=1S/C16H14O4S2/c17-15(18)13(11-7-3-1-4-8-11)21-22-14(16(19)20)12-9-5-2-6-10-12/h1-10,13-14H,(H,17,18)(H,19,20). The Morgan fingerprint density at radius 1 is 0.682 bits per heavy atom. The van der Waals surface area contributed by atoms with E-state index < -0.39 is 22.4 Å². The summed E-state index contributed by atoms with van der Waals surface area (Å²) >= 11 is 0. The molecule has 0 heterocycles. The van der Waals surface area contributed by atoms with E-state index in [0.29, 0.717) is 11.1 Å². The summed E-state index contributed by atoms with van der Waals surface area (Å²) in [6.07, 6.45) is 0. The molecular formula is C16H14O4S2. The molecule has 0 bridgehead atoms. The fourth-order valence-corrected chi connectivity index (χ4v) is 4.60. The zero-order valence-electron chi connectivity index (χ0n) is 11.5. The van der Waals surface area contributed by atoms with Gasteiger partial charge >= 0.3 is 11.9 Å². The first kappa shape index (κ1) is 16.5. The molecule has 0 aliphatic rings. The van der Waals surface area contributed by atoms with E-state index in [9.17, 15) is 19.8 Å². The summed E-state index contributed by atoms with van der Waals surface area (Å²) in [5.41, 5.74) is 1.29. The first-order valence-electron chi connectivity index (χ1n) is 6.47. The van der Waals surface area contributed by atoms with Crippen LogP contribution in [0.5, 0.6) is 0 Å². The van der Waals surface area contributed by atoms with Crippen LogP contribution < -0.4 is 0 Å². The van der Waals surface area contributed by atoms with Gasteiger partial charge < -0.3 is 10.2 Å². The summed E-state index contributed by atoms with van der Waals surface area (Å²) in [6, 6.07) is 17.6. The smallest absolute Gasteiger partial charge is 0.322 e. The maximum Gasteiger partial charge on any atom is 0.322 e. The molecule has 0 aromatic heterocycles. The number of benzene rings is 2. The lowest BCUT2D eigenvalue weighted by Crippen LogP contribution is -2.10. The minimum absolute atomic E-state index is 0.643. The molecule has 0 fully saturated rings. The summed E-state index contributed by atoms with van der Waals surface area (Å²) in [4.78, 5) is 22.9. The van der Waals surface area contributed by atoms with Crippen molar-refractivity contribution in [2.75, 3.05) is 0 Å². The molecule has 6 heteroatoms. The predicted octanol–water partition coefficient (Wildman–Crippen LogP) is 4.02. The Morgan fingerprint density at radius 2 is 1.00 bits per heavy atom. The van der Waals surface area contributed by atoms with Gasteiger partial charge in [0.15, 0.2) is 0 Å². The average Bonchev–Trinajstić information content (AvgIpc) is 2.52. The molecule has 2 atom stereocenters. The summed E-state index contributed by atoms with van der Waals surface area (Å²) in [5, 5.41) is 17.1. The zero-order valence-corrected chi connectivity index (χ0v) is 13.1. The van der Waals surface area contributed by atoms with Gasteiger partial charge in [-0.05, 0) is 11.1 Å². The molecule has 114 valence electrons. The van der Waals surface area contributed by atoms with E-state index in [-0.39, 0.29) is 0 Å². The lowest BCUT2D eigenvalue weighted by Gasteiger charge is -2.16. The minimum atomic E-state index is -0.985. The molecule has 0 aliphatic heterocycles. The second-order valence-corrected chi connectivity index (χ2v) is 6.93. The Labute approximate surface area is 136 Å². The highest BCUT2D eigenvalue weighted by Gasteiger charge is 2.26. The number of hydrogen-bond donors (Lipinski definition) is 2. The Kier molecular flexibility index (Phi) is 5.91. The number of rotatable bonds is 7. The largest absolute Gasteiger partial charge is 0.480 e. The highest BCUT2D eigenvalue weighted by Crippen LogP contribution is 2.46. The molecule has 2 aromatic carbocycles. The van der Waals surface area contributed by atoms with Gasteiger partial charge in [-0.1, -0.05) is 82.3 Å². The van der Waals surface area contributed by atoms with Crippen LogP contribution in [0.3, 0.4) is 0 Å². The highest BCUT2D eigenvalue weighted by atomic mass is 33.1. The van der Waals surface area contributed by atoms with Gasteiger partial charge in [-0.3, -0.25) is 9.59 Å². The molecule has 2 rings (SSSR count). The van der Waals surface area contributed by atoms with Crippen LogP contribution in [-0.2, 0) is 9.59 Å². The van der Waals surface area contributed by atoms with Crippen molar-refractivity contribution in [3.05, 3.63) is 71.8 Å². The third-order valence-electron chi connectivity index (χ3n) is 2.90. The summed E-state index contributed by atoms with van der Waals surface area (Å²) < 4.78 is 0. The van der Waals surface area contributed by atoms with Crippen LogP contribution in [0.1, 0.15) is 21.6 Å². The van der Waals surface area contributed by atoms with E-state index in [1.54, 1.807) is 48.5 Å². The first-order chi connectivity index (χ1) is 10.6.